The number of urea groups is 1. The Kier molecular flexibility index (Phi) is 8.74. The normalized spacial score (nSPS) is 23.2. The zero-order valence-electron chi connectivity index (χ0n) is 20.5. The van der Waals surface area contributed by atoms with E-state index in [4.69, 9.17) is 16.7 Å². The van der Waals surface area contributed by atoms with Gasteiger partial charge in [0.2, 0.25) is 0 Å². The molecule has 0 saturated heterocycles. The average molecular weight is 590 g/mol. The predicted octanol–water partition coefficient (Wildman–Crippen LogP) is 2.99. The van der Waals surface area contributed by atoms with Gasteiger partial charge in [0.15, 0.2) is 27.3 Å². The Bertz CT molecular complexity index is 1340. The highest BCUT2D eigenvalue weighted by molar-refractivity contribution is 7.92. The molecule has 0 spiro atoms. The number of halogens is 4. The Balaban J connectivity index is 1.47. The minimum atomic E-state index is -4.01. The molecule has 2 aromatic rings. The number of hydrogen-bond donors (Lipinski definition) is 5. The second-order valence-electron chi connectivity index (χ2n) is 9.81. The van der Waals surface area contributed by atoms with Gasteiger partial charge in [-0.05, 0) is 55.7 Å². The lowest BCUT2D eigenvalue weighted by Gasteiger charge is -2.35. The molecule has 3 amide bonds. The van der Waals surface area contributed by atoms with Crippen molar-refractivity contribution in [3.05, 3.63) is 58.4 Å². The van der Waals surface area contributed by atoms with Gasteiger partial charge in [-0.15, -0.1) is 0 Å². The van der Waals surface area contributed by atoms with E-state index in [1.54, 1.807) is 0 Å². The highest BCUT2D eigenvalue weighted by Gasteiger charge is 2.47. The summed E-state index contributed by atoms with van der Waals surface area (Å²) in [7, 11) is -4.01. The van der Waals surface area contributed by atoms with Crippen LogP contribution in [-0.2, 0) is 9.84 Å². The van der Waals surface area contributed by atoms with Gasteiger partial charge in [-0.2, -0.15) is 0 Å². The molecular formula is C25H27ClF3N3O6S. The lowest BCUT2D eigenvalue weighted by molar-refractivity contribution is 0.0955. The van der Waals surface area contributed by atoms with Crippen LogP contribution in [0.25, 0.3) is 0 Å². The number of anilines is 1. The maximum absolute atomic E-state index is 13.6. The molecule has 212 valence electrons. The summed E-state index contributed by atoms with van der Waals surface area (Å²) in [6.45, 7) is -0.627. The van der Waals surface area contributed by atoms with E-state index in [0.717, 1.165) is 6.07 Å². The number of carbonyl (C=O) groups excluding carboxylic acids is 2. The summed E-state index contributed by atoms with van der Waals surface area (Å²) in [6.07, 6.45) is 0.839. The fourth-order valence-corrected chi connectivity index (χ4v) is 7.74. The quantitative estimate of drug-likeness (QED) is 0.299. The molecule has 2 aliphatic rings. The Hall–Kier alpha value is -2.87. The third kappa shape index (κ3) is 6.32. The summed E-state index contributed by atoms with van der Waals surface area (Å²) in [4.78, 5) is 24.7. The van der Waals surface area contributed by atoms with Crippen LogP contribution in [0.4, 0.5) is 23.7 Å². The Morgan fingerprint density at radius 1 is 1.05 bits per heavy atom. The monoisotopic (exact) mass is 589 g/mol. The average Bonchev–Trinajstić information content (AvgIpc) is 3.10. The van der Waals surface area contributed by atoms with Crippen LogP contribution in [0.15, 0.2) is 35.2 Å². The summed E-state index contributed by atoms with van der Waals surface area (Å²) in [6, 6.07) is 4.00. The van der Waals surface area contributed by atoms with E-state index in [2.05, 4.69) is 16.0 Å². The van der Waals surface area contributed by atoms with Crippen LogP contribution >= 0.6 is 11.6 Å². The molecule has 2 saturated carbocycles. The standard InChI is InChI=1S/C25H27ClF3N3O6S/c26-18-4-3-14(24(35)31-15-8-19(27)22(29)20(28)9-15)7-21(18)39(37,38)17-5-12-1-2-13(6-17)23(12)32-25(36)30-10-16(34)11-33/h3-4,7-9,12-13,16-17,23,33-34H,1-2,5-6,10-11H2,(H,31,35)(H2,30,32,36). The molecule has 5 N–H and O–H groups in total. The summed E-state index contributed by atoms with van der Waals surface area (Å²) in [5.74, 6) is -5.79. The third-order valence-electron chi connectivity index (χ3n) is 7.24. The number of aliphatic hydroxyl groups excluding tert-OH is 2. The minimum Gasteiger partial charge on any atom is -0.394 e. The van der Waals surface area contributed by atoms with Crippen LogP contribution in [0.1, 0.15) is 36.0 Å². The van der Waals surface area contributed by atoms with Gasteiger partial charge in [0, 0.05) is 36.0 Å². The minimum absolute atomic E-state index is 0.0974. The molecule has 0 aromatic heterocycles. The van der Waals surface area contributed by atoms with Crippen molar-refractivity contribution in [1.29, 1.82) is 0 Å². The van der Waals surface area contributed by atoms with Crippen molar-refractivity contribution in [3.63, 3.8) is 0 Å². The van der Waals surface area contributed by atoms with Crippen molar-refractivity contribution in [2.45, 2.75) is 48.0 Å². The number of fused-ring (bicyclic) bond motifs is 2. The van der Waals surface area contributed by atoms with Crippen LogP contribution in [-0.4, -0.2) is 61.1 Å². The molecule has 4 rings (SSSR count). The fraction of sp³-hybridized carbons (Fsp3) is 0.440. The van der Waals surface area contributed by atoms with Crippen LogP contribution in [0.2, 0.25) is 5.02 Å². The van der Waals surface area contributed by atoms with Gasteiger partial charge in [-0.25, -0.2) is 26.4 Å². The smallest absolute Gasteiger partial charge is 0.315 e. The second kappa shape index (κ2) is 11.7. The summed E-state index contributed by atoms with van der Waals surface area (Å²) < 4.78 is 67.5. The number of benzene rings is 2. The first-order valence-corrected chi connectivity index (χ1v) is 14.2. The maximum Gasteiger partial charge on any atom is 0.315 e. The number of sulfone groups is 1. The van der Waals surface area contributed by atoms with Gasteiger partial charge in [0.1, 0.15) is 0 Å². The molecule has 0 radical (unpaired) electrons. The molecule has 39 heavy (non-hydrogen) atoms. The van der Waals surface area contributed by atoms with E-state index in [9.17, 15) is 36.3 Å². The highest BCUT2D eigenvalue weighted by Crippen LogP contribution is 2.46. The molecule has 0 aliphatic heterocycles. The van der Waals surface area contributed by atoms with E-state index in [-0.39, 0.29) is 58.4 Å². The van der Waals surface area contributed by atoms with E-state index in [0.29, 0.717) is 25.0 Å². The second-order valence-corrected chi connectivity index (χ2v) is 12.4. The first-order chi connectivity index (χ1) is 18.4. The molecule has 14 heteroatoms. The fourth-order valence-electron chi connectivity index (χ4n) is 5.31. The first kappa shape index (κ1) is 29.1. The van der Waals surface area contributed by atoms with Crippen LogP contribution in [0.5, 0.6) is 0 Å². The SMILES string of the molecule is O=C(NCC(O)CO)NC1C2CCC1CC(S(=O)(=O)c1cc(C(=O)Nc3cc(F)c(F)c(F)c3)ccc1Cl)C2. The third-order valence-corrected chi connectivity index (χ3v) is 9.90. The lowest BCUT2D eigenvalue weighted by atomic mass is 9.84. The van der Waals surface area contributed by atoms with Crippen molar-refractivity contribution in [2.75, 3.05) is 18.5 Å². The number of carbonyl (C=O) groups is 2. The molecule has 2 bridgehead atoms. The summed E-state index contributed by atoms with van der Waals surface area (Å²) >= 11 is 6.23. The largest absolute Gasteiger partial charge is 0.394 e. The summed E-state index contributed by atoms with van der Waals surface area (Å²) in [5, 5.41) is 24.9. The highest BCUT2D eigenvalue weighted by atomic mass is 35.5. The number of rotatable bonds is 8. The van der Waals surface area contributed by atoms with E-state index >= 15 is 0 Å². The molecule has 2 aliphatic carbocycles. The molecule has 0 heterocycles. The molecule has 3 atom stereocenters. The van der Waals surface area contributed by atoms with Crippen molar-refractivity contribution in [1.82, 2.24) is 10.6 Å². The molecule has 3 unspecified atom stereocenters. The number of amides is 3. The van der Waals surface area contributed by atoms with E-state index < -0.39 is 57.2 Å². The molecule has 2 aromatic carbocycles. The maximum atomic E-state index is 13.6. The zero-order chi connectivity index (χ0) is 28.5. The van der Waals surface area contributed by atoms with E-state index in [1.165, 1.54) is 12.1 Å². The topological polar surface area (TPSA) is 145 Å². The number of aliphatic hydroxyl groups is 2. The van der Waals surface area contributed by atoms with Gasteiger partial charge >= 0.3 is 6.03 Å². The lowest BCUT2D eigenvalue weighted by Crippen LogP contribution is -2.51. The van der Waals surface area contributed by atoms with Crippen molar-refractivity contribution >= 4 is 39.1 Å². The van der Waals surface area contributed by atoms with Crippen molar-refractivity contribution in [2.24, 2.45) is 11.8 Å². The Labute approximate surface area is 227 Å². The van der Waals surface area contributed by atoms with Gasteiger partial charge in [0.25, 0.3) is 5.91 Å². The zero-order valence-corrected chi connectivity index (χ0v) is 22.0. The van der Waals surface area contributed by atoms with Crippen LogP contribution in [0, 0.1) is 29.3 Å². The first-order valence-electron chi connectivity index (χ1n) is 12.2. The molecule has 2 fully saturated rings. The summed E-state index contributed by atoms with van der Waals surface area (Å²) in [5.41, 5.74) is -0.490. The van der Waals surface area contributed by atoms with Crippen LogP contribution < -0.4 is 16.0 Å². The number of nitrogens with one attached hydrogen (secondary N) is 3. The van der Waals surface area contributed by atoms with Gasteiger partial charge < -0.3 is 26.2 Å². The van der Waals surface area contributed by atoms with Crippen molar-refractivity contribution in [3.8, 4) is 0 Å². The Morgan fingerprint density at radius 2 is 1.67 bits per heavy atom. The predicted molar refractivity (Wildman–Crippen MR) is 136 cm³/mol. The van der Waals surface area contributed by atoms with Gasteiger partial charge in [-0.1, -0.05) is 11.6 Å². The molecular weight excluding hydrogens is 563 g/mol. The van der Waals surface area contributed by atoms with Gasteiger partial charge in [-0.3, -0.25) is 4.79 Å². The van der Waals surface area contributed by atoms with Crippen molar-refractivity contribution < 1.29 is 41.4 Å². The van der Waals surface area contributed by atoms with E-state index in [1.807, 2.05) is 0 Å². The van der Waals surface area contributed by atoms with Crippen LogP contribution in [0.3, 0.4) is 0 Å². The molecule has 9 nitrogen and oxygen atoms in total. The van der Waals surface area contributed by atoms with Gasteiger partial charge in [0.05, 0.1) is 27.9 Å². The number of hydrogen-bond acceptors (Lipinski definition) is 6. The Morgan fingerprint density at radius 3 is 2.26 bits per heavy atom.